The zero-order chi connectivity index (χ0) is 14.2. The number of carboxylic acids is 1. The van der Waals surface area contributed by atoms with Gasteiger partial charge in [-0.2, -0.15) is 0 Å². The summed E-state index contributed by atoms with van der Waals surface area (Å²) >= 11 is 3.38. The molecule has 1 aliphatic heterocycles. The maximum Gasteiger partial charge on any atom is 0.308 e. The molecule has 2 heterocycles. The van der Waals surface area contributed by atoms with Crippen molar-refractivity contribution in [3.8, 4) is 0 Å². The molecule has 104 valence electrons. The summed E-state index contributed by atoms with van der Waals surface area (Å²) in [6.45, 7) is 4.83. The highest BCUT2D eigenvalue weighted by molar-refractivity contribution is 9.10. The lowest BCUT2D eigenvalue weighted by atomic mass is 10.1. The van der Waals surface area contributed by atoms with Crippen LogP contribution in [0.2, 0.25) is 0 Å². The molecule has 1 fully saturated rings. The highest BCUT2D eigenvalue weighted by Gasteiger charge is 2.32. The largest absolute Gasteiger partial charge is 0.481 e. The van der Waals surface area contributed by atoms with Crippen LogP contribution in [0.1, 0.15) is 36.8 Å². The summed E-state index contributed by atoms with van der Waals surface area (Å²) in [6, 6.07) is 1.97. The van der Waals surface area contributed by atoms with E-state index in [1.807, 2.05) is 24.6 Å². The van der Waals surface area contributed by atoms with Gasteiger partial charge in [-0.25, -0.2) is 0 Å². The van der Waals surface area contributed by atoms with E-state index in [4.69, 9.17) is 5.11 Å². The molecule has 0 aliphatic carbocycles. The smallest absolute Gasteiger partial charge is 0.308 e. The van der Waals surface area contributed by atoms with Crippen LogP contribution in [0, 0.1) is 5.92 Å². The van der Waals surface area contributed by atoms with E-state index in [0.29, 0.717) is 25.2 Å². The van der Waals surface area contributed by atoms with E-state index in [-0.39, 0.29) is 11.9 Å². The third-order valence-corrected chi connectivity index (χ3v) is 3.85. The number of likely N-dealkylation sites (tertiary alicyclic amines) is 1. The van der Waals surface area contributed by atoms with Crippen molar-refractivity contribution in [2.45, 2.75) is 26.3 Å². The Morgan fingerprint density at radius 2 is 2.16 bits per heavy atom. The van der Waals surface area contributed by atoms with E-state index in [0.717, 1.165) is 4.47 Å². The first-order valence-corrected chi connectivity index (χ1v) is 7.09. The Labute approximate surface area is 120 Å². The van der Waals surface area contributed by atoms with Gasteiger partial charge < -0.3 is 14.6 Å². The molecule has 0 aromatic carbocycles. The molecule has 1 saturated heterocycles. The third kappa shape index (κ3) is 2.83. The van der Waals surface area contributed by atoms with Crippen LogP contribution in [-0.2, 0) is 4.79 Å². The number of rotatable bonds is 3. The maximum absolute atomic E-state index is 12.4. The predicted molar refractivity (Wildman–Crippen MR) is 74.2 cm³/mol. The summed E-state index contributed by atoms with van der Waals surface area (Å²) < 4.78 is 2.76. The molecule has 1 atom stereocenters. The quantitative estimate of drug-likeness (QED) is 0.926. The number of carboxylic acid groups (broad SMARTS) is 1. The second kappa shape index (κ2) is 5.36. The number of amides is 1. The Bertz CT molecular complexity index is 510. The molecule has 0 bridgehead atoms. The molecule has 1 amide bonds. The average Bonchev–Trinajstić information content (AvgIpc) is 2.94. The fourth-order valence-corrected chi connectivity index (χ4v) is 2.79. The molecule has 2 rings (SSSR count). The normalized spacial score (nSPS) is 19.2. The van der Waals surface area contributed by atoms with Gasteiger partial charge in [0.15, 0.2) is 0 Å². The first-order chi connectivity index (χ1) is 8.90. The zero-order valence-electron chi connectivity index (χ0n) is 11.0. The van der Waals surface area contributed by atoms with E-state index in [9.17, 15) is 9.59 Å². The number of aromatic nitrogens is 1. The Kier molecular flexibility index (Phi) is 3.99. The molecule has 5 nitrogen and oxygen atoms in total. The monoisotopic (exact) mass is 328 g/mol. The van der Waals surface area contributed by atoms with E-state index in [2.05, 4.69) is 15.9 Å². The minimum atomic E-state index is -0.823. The number of carbonyl (C=O) groups excluding carboxylic acids is 1. The number of aliphatic carboxylic acids is 1. The van der Waals surface area contributed by atoms with Gasteiger partial charge >= 0.3 is 5.97 Å². The first-order valence-electron chi connectivity index (χ1n) is 6.29. The van der Waals surface area contributed by atoms with Crippen LogP contribution in [0.4, 0.5) is 0 Å². The highest BCUT2D eigenvalue weighted by atomic mass is 79.9. The SMILES string of the molecule is CC(C)n1cc(Br)cc1C(=O)N1CC[C@@H](C(=O)O)C1. The minimum absolute atomic E-state index is 0.0943. The summed E-state index contributed by atoms with van der Waals surface area (Å²) in [6.07, 6.45) is 2.41. The van der Waals surface area contributed by atoms with E-state index in [1.54, 1.807) is 11.0 Å². The van der Waals surface area contributed by atoms with Crippen molar-refractivity contribution in [3.05, 3.63) is 22.4 Å². The molecule has 0 radical (unpaired) electrons. The zero-order valence-corrected chi connectivity index (χ0v) is 12.6. The van der Waals surface area contributed by atoms with Gasteiger partial charge in [0.1, 0.15) is 5.69 Å². The van der Waals surface area contributed by atoms with Crippen LogP contribution < -0.4 is 0 Å². The minimum Gasteiger partial charge on any atom is -0.481 e. The van der Waals surface area contributed by atoms with Crippen LogP contribution in [0.25, 0.3) is 0 Å². The van der Waals surface area contributed by atoms with Gasteiger partial charge in [-0.1, -0.05) is 0 Å². The lowest BCUT2D eigenvalue weighted by molar-refractivity contribution is -0.141. The van der Waals surface area contributed by atoms with E-state index < -0.39 is 11.9 Å². The maximum atomic E-state index is 12.4. The van der Waals surface area contributed by atoms with E-state index >= 15 is 0 Å². The standard InChI is InChI=1S/C13H17BrN2O3/c1-8(2)16-7-10(14)5-11(16)12(17)15-4-3-9(6-15)13(18)19/h5,7-9H,3-4,6H2,1-2H3,(H,18,19)/t9-/m1/s1. The average molecular weight is 329 g/mol. The van der Waals surface area contributed by atoms with Crippen LogP contribution in [-0.4, -0.2) is 39.5 Å². The molecular weight excluding hydrogens is 312 g/mol. The Morgan fingerprint density at radius 1 is 1.47 bits per heavy atom. The Balaban J connectivity index is 2.19. The summed E-state index contributed by atoms with van der Waals surface area (Å²) in [5.74, 6) is -1.35. The predicted octanol–water partition coefficient (Wildman–Crippen LogP) is 2.38. The lowest BCUT2D eigenvalue weighted by Gasteiger charge is -2.18. The highest BCUT2D eigenvalue weighted by Crippen LogP contribution is 2.24. The van der Waals surface area contributed by atoms with Gasteiger partial charge in [0.05, 0.1) is 5.92 Å². The van der Waals surface area contributed by atoms with Gasteiger partial charge in [0.25, 0.3) is 5.91 Å². The first kappa shape index (κ1) is 14.1. The van der Waals surface area contributed by atoms with Crippen molar-refractivity contribution in [2.75, 3.05) is 13.1 Å². The van der Waals surface area contributed by atoms with Crippen molar-refractivity contribution < 1.29 is 14.7 Å². The number of carbonyl (C=O) groups is 2. The molecule has 0 saturated carbocycles. The molecule has 1 aromatic rings. The fraction of sp³-hybridized carbons (Fsp3) is 0.538. The molecule has 1 aliphatic rings. The van der Waals surface area contributed by atoms with Crippen LogP contribution in [0.5, 0.6) is 0 Å². The summed E-state index contributed by atoms with van der Waals surface area (Å²) in [5, 5.41) is 8.98. The number of hydrogen-bond donors (Lipinski definition) is 1. The van der Waals surface area contributed by atoms with Crippen molar-refractivity contribution in [3.63, 3.8) is 0 Å². The number of nitrogens with zero attached hydrogens (tertiary/aromatic N) is 2. The molecular formula is C13H17BrN2O3. The van der Waals surface area contributed by atoms with Gasteiger partial charge in [0.2, 0.25) is 0 Å². The van der Waals surface area contributed by atoms with Gasteiger partial charge in [0, 0.05) is 29.8 Å². The Morgan fingerprint density at radius 3 is 2.68 bits per heavy atom. The van der Waals surface area contributed by atoms with Crippen LogP contribution in [0.3, 0.4) is 0 Å². The lowest BCUT2D eigenvalue weighted by Crippen LogP contribution is -2.31. The number of halogens is 1. The van der Waals surface area contributed by atoms with Gasteiger partial charge in [-0.15, -0.1) is 0 Å². The van der Waals surface area contributed by atoms with Crippen molar-refractivity contribution in [1.82, 2.24) is 9.47 Å². The third-order valence-electron chi connectivity index (χ3n) is 3.42. The van der Waals surface area contributed by atoms with Crippen molar-refractivity contribution in [1.29, 1.82) is 0 Å². The summed E-state index contributed by atoms with van der Waals surface area (Å²) in [7, 11) is 0. The molecule has 0 spiro atoms. The van der Waals surface area contributed by atoms with Crippen LogP contribution in [0.15, 0.2) is 16.7 Å². The topological polar surface area (TPSA) is 62.5 Å². The molecule has 6 heteroatoms. The molecule has 19 heavy (non-hydrogen) atoms. The molecule has 0 unspecified atom stereocenters. The molecule has 1 N–H and O–H groups in total. The summed E-state index contributed by atoms with van der Waals surface area (Å²) in [5.41, 5.74) is 0.605. The van der Waals surface area contributed by atoms with E-state index in [1.165, 1.54) is 0 Å². The van der Waals surface area contributed by atoms with Crippen molar-refractivity contribution >= 4 is 27.8 Å². The Hall–Kier alpha value is -1.30. The van der Waals surface area contributed by atoms with Crippen LogP contribution >= 0.6 is 15.9 Å². The fourth-order valence-electron chi connectivity index (χ4n) is 2.35. The van der Waals surface area contributed by atoms with Gasteiger partial charge in [-0.3, -0.25) is 9.59 Å². The second-order valence-electron chi connectivity index (χ2n) is 5.12. The number of hydrogen-bond acceptors (Lipinski definition) is 2. The van der Waals surface area contributed by atoms with Crippen molar-refractivity contribution in [2.24, 2.45) is 5.92 Å². The molecule has 1 aromatic heterocycles. The van der Waals surface area contributed by atoms with Gasteiger partial charge in [-0.05, 0) is 42.3 Å². The summed E-state index contributed by atoms with van der Waals surface area (Å²) in [4.78, 5) is 25.0. The second-order valence-corrected chi connectivity index (χ2v) is 6.04.